The van der Waals surface area contributed by atoms with Crippen LogP contribution in [-0.4, -0.2) is 16.5 Å². The van der Waals surface area contributed by atoms with Gasteiger partial charge in [0.25, 0.3) is 0 Å². The number of hydrogen-bond donors (Lipinski definition) is 0. The third-order valence-electron chi connectivity index (χ3n) is 2.19. The number of nitro benzene ring substituents is 1. The van der Waals surface area contributed by atoms with E-state index in [0.717, 1.165) is 5.39 Å². The zero-order valence-electron chi connectivity index (χ0n) is 8.71. The molecule has 0 spiro atoms. The molecule has 1 heterocycles. The van der Waals surface area contributed by atoms with Crippen LogP contribution in [0.25, 0.3) is 10.9 Å². The average molecular weight is 218 g/mol. The fourth-order valence-corrected chi connectivity index (χ4v) is 1.56. The van der Waals surface area contributed by atoms with E-state index in [-0.39, 0.29) is 11.4 Å². The molecule has 0 aliphatic carbocycles. The van der Waals surface area contributed by atoms with Gasteiger partial charge in [0.05, 0.1) is 11.5 Å². The zero-order chi connectivity index (χ0) is 11.5. The lowest BCUT2D eigenvalue weighted by Gasteiger charge is -2.05. The number of ether oxygens (including phenoxy) is 1. The van der Waals surface area contributed by atoms with Crippen LogP contribution < -0.4 is 4.74 Å². The summed E-state index contributed by atoms with van der Waals surface area (Å²) in [6.45, 7) is 2.17. The van der Waals surface area contributed by atoms with E-state index in [1.54, 1.807) is 31.2 Å². The van der Waals surface area contributed by atoms with Gasteiger partial charge in [0.2, 0.25) is 0 Å². The first-order chi connectivity index (χ1) is 7.74. The Balaban J connectivity index is 2.73. The predicted octanol–water partition coefficient (Wildman–Crippen LogP) is 2.54. The van der Waals surface area contributed by atoms with Gasteiger partial charge < -0.3 is 4.74 Å². The average Bonchev–Trinajstić information content (AvgIpc) is 2.28. The molecule has 0 N–H and O–H groups in total. The van der Waals surface area contributed by atoms with Crippen molar-refractivity contribution in [2.24, 2.45) is 0 Å². The van der Waals surface area contributed by atoms with E-state index in [9.17, 15) is 10.1 Å². The van der Waals surface area contributed by atoms with Crippen LogP contribution in [0.4, 0.5) is 5.69 Å². The minimum Gasteiger partial charge on any atom is -0.487 e. The van der Waals surface area contributed by atoms with E-state index in [1.165, 1.54) is 6.20 Å². The molecule has 0 fully saturated rings. The lowest BCUT2D eigenvalue weighted by atomic mass is 10.2. The summed E-state index contributed by atoms with van der Waals surface area (Å²) in [6, 6.07) is 6.89. The van der Waals surface area contributed by atoms with E-state index < -0.39 is 4.92 Å². The fraction of sp³-hybridized carbons (Fsp3) is 0.182. The summed E-state index contributed by atoms with van der Waals surface area (Å²) in [7, 11) is 0. The summed E-state index contributed by atoms with van der Waals surface area (Å²) < 4.78 is 5.22. The van der Waals surface area contributed by atoms with Crippen molar-refractivity contribution in [1.82, 2.24) is 4.98 Å². The quantitative estimate of drug-likeness (QED) is 0.586. The van der Waals surface area contributed by atoms with Crippen LogP contribution in [0.3, 0.4) is 0 Å². The molecule has 2 rings (SSSR count). The van der Waals surface area contributed by atoms with Crippen LogP contribution in [0.5, 0.6) is 5.75 Å². The maximum Gasteiger partial charge on any atom is 0.336 e. The molecule has 0 atom stereocenters. The first kappa shape index (κ1) is 10.4. The lowest BCUT2D eigenvalue weighted by molar-refractivity contribution is -0.384. The number of nitrogens with zero attached hydrogens (tertiary/aromatic N) is 2. The normalized spacial score (nSPS) is 10.3. The number of rotatable bonds is 3. The number of fused-ring (bicyclic) bond motifs is 1. The van der Waals surface area contributed by atoms with Crippen molar-refractivity contribution in [1.29, 1.82) is 0 Å². The van der Waals surface area contributed by atoms with Crippen LogP contribution in [0.2, 0.25) is 0 Å². The number of hydrogen-bond acceptors (Lipinski definition) is 4. The molecule has 0 saturated heterocycles. The standard InChI is InChI=1S/C11H10N2O3/c1-2-16-9-6-5-8-4-3-7-12-10(8)11(9)13(14)15/h3-7H,2H2,1H3. The molecule has 16 heavy (non-hydrogen) atoms. The second-order valence-corrected chi connectivity index (χ2v) is 3.18. The highest BCUT2D eigenvalue weighted by Crippen LogP contribution is 2.33. The molecule has 0 saturated carbocycles. The highest BCUT2D eigenvalue weighted by molar-refractivity contribution is 5.89. The monoisotopic (exact) mass is 218 g/mol. The minimum atomic E-state index is -0.458. The Hall–Kier alpha value is -2.17. The predicted molar refractivity (Wildman–Crippen MR) is 59.6 cm³/mol. The van der Waals surface area contributed by atoms with Gasteiger partial charge in [-0.1, -0.05) is 6.07 Å². The summed E-state index contributed by atoms with van der Waals surface area (Å²) in [5.41, 5.74) is 0.290. The molecule has 0 amide bonds. The SMILES string of the molecule is CCOc1ccc2cccnc2c1[N+](=O)[O-]. The zero-order valence-corrected chi connectivity index (χ0v) is 8.71. The molecular weight excluding hydrogens is 208 g/mol. The van der Waals surface area contributed by atoms with Crippen molar-refractivity contribution in [3.63, 3.8) is 0 Å². The lowest BCUT2D eigenvalue weighted by Crippen LogP contribution is -1.99. The van der Waals surface area contributed by atoms with Gasteiger partial charge in [-0.3, -0.25) is 10.1 Å². The molecule has 1 aromatic carbocycles. The molecule has 0 bridgehead atoms. The Labute approximate surface area is 91.8 Å². The van der Waals surface area contributed by atoms with Gasteiger partial charge in [-0.15, -0.1) is 0 Å². The Morgan fingerprint density at radius 1 is 1.44 bits per heavy atom. The van der Waals surface area contributed by atoms with Crippen molar-refractivity contribution in [3.05, 3.63) is 40.6 Å². The molecule has 2 aromatic rings. The number of nitro groups is 1. The van der Waals surface area contributed by atoms with E-state index in [2.05, 4.69) is 4.98 Å². The van der Waals surface area contributed by atoms with Crippen molar-refractivity contribution < 1.29 is 9.66 Å². The van der Waals surface area contributed by atoms with Crippen LogP contribution >= 0.6 is 0 Å². The molecule has 0 radical (unpaired) electrons. The molecule has 0 aliphatic rings. The molecule has 0 aliphatic heterocycles. The van der Waals surface area contributed by atoms with Crippen molar-refractivity contribution in [2.75, 3.05) is 6.61 Å². The van der Waals surface area contributed by atoms with Gasteiger partial charge in [0, 0.05) is 11.6 Å². The van der Waals surface area contributed by atoms with Gasteiger partial charge in [-0.05, 0) is 25.1 Å². The fourth-order valence-electron chi connectivity index (χ4n) is 1.56. The number of aromatic nitrogens is 1. The smallest absolute Gasteiger partial charge is 0.336 e. The molecule has 1 aromatic heterocycles. The second-order valence-electron chi connectivity index (χ2n) is 3.18. The van der Waals surface area contributed by atoms with Gasteiger partial charge in [-0.2, -0.15) is 0 Å². The highest BCUT2D eigenvalue weighted by atomic mass is 16.6. The third kappa shape index (κ3) is 1.67. The largest absolute Gasteiger partial charge is 0.487 e. The first-order valence-electron chi connectivity index (χ1n) is 4.89. The van der Waals surface area contributed by atoms with Gasteiger partial charge in [-0.25, -0.2) is 4.98 Å². The Bertz CT molecular complexity index is 540. The van der Waals surface area contributed by atoms with Crippen LogP contribution in [0.1, 0.15) is 6.92 Å². The minimum absolute atomic E-state index is 0.0695. The summed E-state index contributed by atoms with van der Waals surface area (Å²) in [5, 5.41) is 11.7. The number of benzene rings is 1. The van der Waals surface area contributed by atoms with E-state index in [4.69, 9.17) is 4.74 Å². The van der Waals surface area contributed by atoms with Gasteiger partial charge >= 0.3 is 5.69 Å². The van der Waals surface area contributed by atoms with Crippen LogP contribution in [0, 0.1) is 10.1 Å². The van der Waals surface area contributed by atoms with Gasteiger partial charge in [0.1, 0.15) is 0 Å². The Morgan fingerprint density at radius 3 is 2.94 bits per heavy atom. The maximum atomic E-state index is 11.0. The molecule has 0 unspecified atom stereocenters. The maximum absolute atomic E-state index is 11.0. The Morgan fingerprint density at radius 2 is 2.25 bits per heavy atom. The first-order valence-corrected chi connectivity index (χ1v) is 4.89. The molecule has 82 valence electrons. The second kappa shape index (κ2) is 4.14. The van der Waals surface area contributed by atoms with E-state index in [0.29, 0.717) is 12.1 Å². The molecule has 5 heteroatoms. The third-order valence-corrected chi connectivity index (χ3v) is 2.19. The number of pyridine rings is 1. The highest BCUT2D eigenvalue weighted by Gasteiger charge is 2.20. The van der Waals surface area contributed by atoms with Crippen molar-refractivity contribution >= 4 is 16.6 Å². The summed E-state index contributed by atoms with van der Waals surface area (Å²) in [5.74, 6) is 0.263. The van der Waals surface area contributed by atoms with E-state index >= 15 is 0 Å². The molecule has 5 nitrogen and oxygen atoms in total. The topological polar surface area (TPSA) is 65.3 Å². The Kier molecular flexibility index (Phi) is 2.68. The van der Waals surface area contributed by atoms with Crippen molar-refractivity contribution in [3.8, 4) is 5.75 Å². The van der Waals surface area contributed by atoms with Crippen LogP contribution in [0.15, 0.2) is 30.5 Å². The molecular formula is C11H10N2O3. The summed E-state index contributed by atoms with van der Waals surface area (Å²) in [4.78, 5) is 14.6. The summed E-state index contributed by atoms with van der Waals surface area (Å²) >= 11 is 0. The van der Waals surface area contributed by atoms with Gasteiger partial charge in [0.15, 0.2) is 11.3 Å². The summed E-state index contributed by atoms with van der Waals surface area (Å²) in [6.07, 6.45) is 1.53. The van der Waals surface area contributed by atoms with Crippen molar-refractivity contribution in [2.45, 2.75) is 6.92 Å². The van der Waals surface area contributed by atoms with Crippen LogP contribution in [-0.2, 0) is 0 Å². The van der Waals surface area contributed by atoms with E-state index in [1.807, 2.05) is 0 Å².